The Morgan fingerprint density at radius 3 is 2.52 bits per heavy atom. The Morgan fingerprint density at radius 2 is 1.90 bits per heavy atom. The van der Waals surface area contributed by atoms with Gasteiger partial charge in [-0.05, 0) is 55.1 Å². The van der Waals surface area contributed by atoms with Crippen LogP contribution in [0.3, 0.4) is 0 Å². The van der Waals surface area contributed by atoms with Gasteiger partial charge in [-0.3, -0.25) is 4.98 Å². The maximum atomic E-state index is 13.2. The van der Waals surface area contributed by atoms with Crippen LogP contribution in [0.5, 0.6) is 0 Å². The highest BCUT2D eigenvalue weighted by Gasteiger charge is 2.10. The minimum Gasteiger partial charge on any atom is -0.314 e. The molecule has 0 saturated heterocycles. The van der Waals surface area contributed by atoms with Gasteiger partial charge >= 0.3 is 0 Å². The Balaban J connectivity index is 1.98. The normalized spacial score (nSPS) is 12.3. The molecule has 4 heteroatoms. The molecule has 2 rings (SSSR count). The van der Waals surface area contributed by atoms with Crippen LogP contribution in [0.4, 0.5) is 8.78 Å². The van der Waals surface area contributed by atoms with Gasteiger partial charge in [0.25, 0.3) is 0 Å². The molecule has 0 aliphatic rings. The molecular formula is C17H20F2N2. The molecule has 112 valence electrons. The number of hydrogen-bond donors (Lipinski definition) is 1. The van der Waals surface area contributed by atoms with Gasteiger partial charge in [0, 0.05) is 24.5 Å². The first-order chi connectivity index (χ1) is 10.2. The molecule has 0 amide bonds. The first-order valence-corrected chi connectivity index (χ1v) is 7.24. The van der Waals surface area contributed by atoms with Crippen molar-refractivity contribution in [2.24, 2.45) is 0 Å². The third kappa shape index (κ3) is 5.23. The molecule has 0 bridgehead atoms. The van der Waals surface area contributed by atoms with Crippen LogP contribution < -0.4 is 5.32 Å². The van der Waals surface area contributed by atoms with Crippen LogP contribution in [-0.4, -0.2) is 17.6 Å². The maximum absolute atomic E-state index is 13.2. The van der Waals surface area contributed by atoms with Crippen molar-refractivity contribution in [3.8, 4) is 0 Å². The zero-order valence-electron chi connectivity index (χ0n) is 12.2. The Kier molecular flexibility index (Phi) is 5.81. The van der Waals surface area contributed by atoms with Gasteiger partial charge in [0.1, 0.15) is 11.6 Å². The standard InChI is InChI=1S/C17H20F2N2/c1-2-21-17(6-5-13-4-3-7-20-12-13)10-14-8-15(18)11-16(19)9-14/h3-4,7-9,11-12,17,21H,2,5-6,10H2,1H3. The molecule has 0 spiro atoms. The van der Waals surface area contributed by atoms with E-state index >= 15 is 0 Å². The second-order valence-electron chi connectivity index (χ2n) is 5.14. The number of aromatic nitrogens is 1. The molecule has 0 fully saturated rings. The lowest BCUT2D eigenvalue weighted by molar-refractivity contribution is 0.487. The van der Waals surface area contributed by atoms with E-state index in [4.69, 9.17) is 0 Å². The fourth-order valence-electron chi connectivity index (χ4n) is 2.47. The largest absolute Gasteiger partial charge is 0.314 e. The minimum absolute atomic E-state index is 0.191. The van der Waals surface area contributed by atoms with E-state index in [1.54, 1.807) is 6.20 Å². The van der Waals surface area contributed by atoms with E-state index in [2.05, 4.69) is 10.3 Å². The second-order valence-corrected chi connectivity index (χ2v) is 5.14. The third-order valence-corrected chi connectivity index (χ3v) is 3.40. The van der Waals surface area contributed by atoms with Gasteiger partial charge in [0.05, 0.1) is 0 Å². The fraction of sp³-hybridized carbons (Fsp3) is 0.353. The SMILES string of the molecule is CCNC(CCc1cccnc1)Cc1cc(F)cc(F)c1. The molecule has 0 radical (unpaired) electrons. The van der Waals surface area contributed by atoms with Crippen LogP contribution in [0, 0.1) is 11.6 Å². The Bertz CT molecular complexity index is 538. The van der Waals surface area contributed by atoms with E-state index in [0.717, 1.165) is 25.5 Å². The van der Waals surface area contributed by atoms with Crippen molar-refractivity contribution in [3.05, 3.63) is 65.5 Å². The van der Waals surface area contributed by atoms with Crippen molar-refractivity contribution in [1.29, 1.82) is 0 Å². The topological polar surface area (TPSA) is 24.9 Å². The molecule has 2 nitrogen and oxygen atoms in total. The van der Waals surface area contributed by atoms with Gasteiger partial charge in [-0.25, -0.2) is 8.78 Å². The predicted molar refractivity (Wildman–Crippen MR) is 80.1 cm³/mol. The van der Waals surface area contributed by atoms with Crippen molar-refractivity contribution < 1.29 is 8.78 Å². The van der Waals surface area contributed by atoms with Gasteiger partial charge in [-0.1, -0.05) is 13.0 Å². The van der Waals surface area contributed by atoms with Crippen LogP contribution in [0.2, 0.25) is 0 Å². The molecule has 2 aromatic rings. The zero-order valence-corrected chi connectivity index (χ0v) is 12.2. The average Bonchev–Trinajstić information content (AvgIpc) is 2.45. The molecule has 1 aromatic heterocycles. The summed E-state index contributed by atoms with van der Waals surface area (Å²) in [6.45, 7) is 2.86. The summed E-state index contributed by atoms with van der Waals surface area (Å²) in [4.78, 5) is 4.10. The number of halogens is 2. The molecule has 0 aliphatic heterocycles. The number of nitrogens with zero attached hydrogens (tertiary/aromatic N) is 1. The summed E-state index contributed by atoms with van der Waals surface area (Å²) in [5.74, 6) is -1.04. The van der Waals surface area contributed by atoms with Crippen LogP contribution >= 0.6 is 0 Å². The zero-order chi connectivity index (χ0) is 15.1. The van der Waals surface area contributed by atoms with Gasteiger partial charge in [0.15, 0.2) is 0 Å². The maximum Gasteiger partial charge on any atom is 0.126 e. The Labute approximate surface area is 124 Å². The molecule has 1 aromatic carbocycles. The average molecular weight is 290 g/mol. The van der Waals surface area contributed by atoms with Crippen molar-refractivity contribution >= 4 is 0 Å². The Hall–Kier alpha value is -1.81. The number of likely N-dealkylation sites (N-methyl/N-ethyl adjacent to an activating group) is 1. The van der Waals surface area contributed by atoms with E-state index in [-0.39, 0.29) is 6.04 Å². The monoisotopic (exact) mass is 290 g/mol. The highest BCUT2D eigenvalue weighted by molar-refractivity contribution is 5.19. The highest BCUT2D eigenvalue weighted by atomic mass is 19.1. The lowest BCUT2D eigenvalue weighted by Gasteiger charge is -2.18. The number of rotatable bonds is 7. The lowest BCUT2D eigenvalue weighted by atomic mass is 9.99. The first-order valence-electron chi connectivity index (χ1n) is 7.24. The van der Waals surface area contributed by atoms with Crippen molar-refractivity contribution in [3.63, 3.8) is 0 Å². The fourth-order valence-corrected chi connectivity index (χ4v) is 2.47. The molecule has 1 N–H and O–H groups in total. The smallest absolute Gasteiger partial charge is 0.126 e. The Morgan fingerprint density at radius 1 is 1.14 bits per heavy atom. The van der Waals surface area contributed by atoms with Gasteiger partial charge in [0.2, 0.25) is 0 Å². The van der Waals surface area contributed by atoms with Crippen molar-refractivity contribution in [2.45, 2.75) is 32.2 Å². The first kappa shape index (κ1) is 15.6. The van der Waals surface area contributed by atoms with E-state index < -0.39 is 11.6 Å². The van der Waals surface area contributed by atoms with E-state index in [9.17, 15) is 8.78 Å². The lowest BCUT2D eigenvalue weighted by Crippen LogP contribution is -2.31. The van der Waals surface area contributed by atoms with Crippen molar-refractivity contribution in [1.82, 2.24) is 10.3 Å². The molecule has 0 aliphatic carbocycles. The molecular weight excluding hydrogens is 270 g/mol. The number of aryl methyl sites for hydroxylation is 1. The van der Waals surface area contributed by atoms with Crippen LogP contribution in [0.15, 0.2) is 42.7 Å². The summed E-state index contributed by atoms with van der Waals surface area (Å²) in [6.07, 6.45) is 6.01. The number of benzene rings is 1. The number of nitrogens with one attached hydrogen (secondary N) is 1. The van der Waals surface area contributed by atoms with Crippen LogP contribution in [0.25, 0.3) is 0 Å². The summed E-state index contributed by atoms with van der Waals surface area (Å²) in [6, 6.07) is 7.85. The summed E-state index contributed by atoms with van der Waals surface area (Å²) in [5, 5.41) is 3.37. The van der Waals surface area contributed by atoms with Gasteiger partial charge in [-0.15, -0.1) is 0 Å². The molecule has 21 heavy (non-hydrogen) atoms. The number of pyridine rings is 1. The summed E-state index contributed by atoms with van der Waals surface area (Å²) < 4.78 is 26.5. The van der Waals surface area contributed by atoms with E-state index in [0.29, 0.717) is 12.0 Å². The predicted octanol–water partition coefficient (Wildman–Crippen LogP) is 3.51. The van der Waals surface area contributed by atoms with E-state index in [1.807, 2.05) is 25.3 Å². The van der Waals surface area contributed by atoms with Gasteiger partial charge < -0.3 is 5.32 Å². The number of hydrogen-bond acceptors (Lipinski definition) is 2. The third-order valence-electron chi connectivity index (χ3n) is 3.40. The molecule has 1 heterocycles. The second kappa shape index (κ2) is 7.84. The summed E-state index contributed by atoms with van der Waals surface area (Å²) in [7, 11) is 0. The van der Waals surface area contributed by atoms with Gasteiger partial charge in [-0.2, -0.15) is 0 Å². The molecule has 1 atom stereocenters. The van der Waals surface area contributed by atoms with E-state index in [1.165, 1.54) is 17.7 Å². The van der Waals surface area contributed by atoms with Crippen LogP contribution in [-0.2, 0) is 12.8 Å². The molecule has 1 unspecified atom stereocenters. The quantitative estimate of drug-likeness (QED) is 0.844. The molecule has 0 saturated carbocycles. The van der Waals surface area contributed by atoms with Crippen molar-refractivity contribution in [2.75, 3.05) is 6.54 Å². The highest BCUT2D eigenvalue weighted by Crippen LogP contribution is 2.13. The van der Waals surface area contributed by atoms with Crippen LogP contribution in [0.1, 0.15) is 24.5 Å². The minimum atomic E-state index is -0.521. The summed E-state index contributed by atoms with van der Waals surface area (Å²) in [5.41, 5.74) is 1.86. The summed E-state index contributed by atoms with van der Waals surface area (Å²) >= 11 is 0.